The molecule has 0 saturated heterocycles. The first-order valence-corrected chi connectivity index (χ1v) is 5.50. The molecule has 1 rings (SSSR count). The lowest BCUT2D eigenvalue weighted by atomic mass is 10.2. The number of carbonyl (C=O) groups excluding carboxylic acids is 1. The van der Waals surface area contributed by atoms with Gasteiger partial charge in [0.25, 0.3) is 5.91 Å². The highest BCUT2D eigenvalue weighted by molar-refractivity contribution is 6.00. The van der Waals surface area contributed by atoms with Crippen LogP contribution >= 0.6 is 0 Å². The summed E-state index contributed by atoms with van der Waals surface area (Å²) in [6, 6.07) is 6.61. The second kappa shape index (κ2) is 6.61. The van der Waals surface area contributed by atoms with Gasteiger partial charge in [0.15, 0.2) is 0 Å². The molecular weight excluding hydrogens is 236 g/mol. The summed E-state index contributed by atoms with van der Waals surface area (Å²) in [7, 11) is 0. The lowest BCUT2D eigenvalue weighted by Crippen LogP contribution is -2.38. The van der Waals surface area contributed by atoms with Crippen LogP contribution in [0.25, 0.3) is 0 Å². The Labute approximate surface area is 105 Å². The predicted molar refractivity (Wildman–Crippen MR) is 67.3 cm³/mol. The second-order valence-electron chi connectivity index (χ2n) is 3.57. The minimum atomic E-state index is -1.11. The number of carbonyl (C=O) groups is 2. The number of nitrogen functional groups attached to an aromatic ring is 1. The molecule has 0 unspecified atom stereocenters. The molecule has 0 spiro atoms. The molecule has 1 aromatic carbocycles. The maximum absolute atomic E-state index is 11.9. The number of hydrogen-bond donors (Lipinski definition) is 2. The Kier molecular flexibility index (Phi) is 5.13. The van der Waals surface area contributed by atoms with Crippen molar-refractivity contribution in [2.75, 3.05) is 30.4 Å². The minimum Gasteiger partial charge on any atom is -0.480 e. The van der Waals surface area contributed by atoms with Crippen molar-refractivity contribution >= 4 is 23.3 Å². The number of anilines is 2. The number of para-hydroxylation sites is 2. The molecule has 0 radical (unpaired) electrons. The molecule has 0 saturated carbocycles. The molecule has 0 fully saturated rings. The third kappa shape index (κ3) is 3.74. The molecule has 0 aliphatic rings. The lowest BCUT2D eigenvalue weighted by molar-refractivity contribution is -0.137. The van der Waals surface area contributed by atoms with E-state index in [-0.39, 0.29) is 6.61 Å². The van der Waals surface area contributed by atoms with Crippen LogP contribution in [0.3, 0.4) is 0 Å². The maximum Gasteiger partial charge on any atom is 0.323 e. The zero-order valence-corrected chi connectivity index (χ0v) is 10.1. The third-order valence-electron chi connectivity index (χ3n) is 2.25. The van der Waals surface area contributed by atoms with Crippen LogP contribution in [-0.2, 0) is 14.3 Å². The summed E-state index contributed by atoms with van der Waals surface area (Å²) in [5.41, 5.74) is 6.47. The molecule has 0 aliphatic carbocycles. The van der Waals surface area contributed by atoms with Crippen LogP contribution in [0.4, 0.5) is 11.4 Å². The van der Waals surface area contributed by atoms with Crippen molar-refractivity contribution in [3.8, 4) is 0 Å². The average molecular weight is 252 g/mol. The summed E-state index contributed by atoms with van der Waals surface area (Å²) in [4.78, 5) is 23.8. The number of nitrogens with two attached hydrogens (primary N) is 1. The normalized spacial score (nSPS) is 10.1. The Bertz CT molecular complexity index is 434. The molecule has 98 valence electrons. The first-order valence-electron chi connectivity index (χ1n) is 5.50. The summed E-state index contributed by atoms with van der Waals surface area (Å²) in [6.07, 6.45) is 0. The van der Waals surface area contributed by atoms with Crippen LogP contribution < -0.4 is 10.6 Å². The molecule has 18 heavy (non-hydrogen) atoms. The van der Waals surface area contributed by atoms with Gasteiger partial charge >= 0.3 is 5.97 Å². The number of hydrogen-bond acceptors (Lipinski definition) is 4. The molecule has 6 heteroatoms. The van der Waals surface area contributed by atoms with Crippen LogP contribution in [0.1, 0.15) is 6.92 Å². The van der Waals surface area contributed by atoms with Crippen molar-refractivity contribution in [3.05, 3.63) is 24.3 Å². The highest BCUT2D eigenvalue weighted by Gasteiger charge is 2.20. The van der Waals surface area contributed by atoms with Crippen LogP contribution in [0.15, 0.2) is 24.3 Å². The Morgan fingerprint density at radius 2 is 2.06 bits per heavy atom. The van der Waals surface area contributed by atoms with E-state index in [4.69, 9.17) is 15.6 Å². The van der Waals surface area contributed by atoms with Gasteiger partial charge in [-0.2, -0.15) is 0 Å². The average Bonchev–Trinajstić information content (AvgIpc) is 2.34. The van der Waals surface area contributed by atoms with E-state index in [9.17, 15) is 9.59 Å². The van der Waals surface area contributed by atoms with E-state index in [1.807, 2.05) is 0 Å². The van der Waals surface area contributed by atoms with Gasteiger partial charge in [-0.15, -0.1) is 0 Å². The van der Waals surface area contributed by atoms with E-state index in [0.717, 1.165) is 4.90 Å². The molecular formula is C12H16N2O4. The van der Waals surface area contributed by atoms with Crippen molar-refractivity contribution in [2.45, 2.75) is 6.92 Å². The van der Waals surface area contributed by atoms with E-state index in [1.165, 1.54) is 0 Å². The second-order valence-corrected chi connectivity index (χ2v) is 3.57. The SMILES string of the molecule is CCOCC(=O)N(CC(=O)O)c1ccccc1N. The van der Waals surface area contributed by atoms with Crippen molar-refractivity contribution in [1.82, 2.24) is 0 Å². The zero-order chi connectivity index (χ0) is 13.5. The number of carboxylic acids is 1. The van der Waals surface area contributed by atoms with Gasteiger partial charge in [0.2, 0.25) is 0 Å². The highest BCUT2D eigenvalue weighted by Crippen LogP contribution is 2.22. The third-order valence-corrected chi connectivity index (χ3v) is 2.25. The van der Waals surface area contributed by atoms with Gasteiger partial charge < -0.3 is 15.6 Å². The lowest BCUT2D eigenvalue weighted by Gasteiger charge is -2.22. The molecule has 6 nitrogen and oxygen atoms in total. The number of benzene rings is 1. The van der Waals surface area contributed by atoms with Gasteiger partial charge in [-0.1, -0.05) is 12.1 Å². The topological polar surface area (TPSA) is 92.9 Å². The number of carboxylic acid groups (broad SMARTS) is 1. The standard InChI is InChI=1S/C12H16N2O4/c1-2-18-8-11(15)14(7-12(16)17)10-6-4-3-5-9(10)13/h3-6H,2,7-8,13H2,1H3,(H,16,17). The quantitative estimate of drug-likeness (QED) is 0.728. The first-order chi connectivity index (χ1) is 8.56. The van der Waals surface area contributed by atoms with Gasteiger partial charge in [-0.05, 0) is 19.1 Å². The Balaban J connectivity index is 2.94. The molecule has 0 aromatic heterocycles. The monoisotopic (exact) mass is 252 g/mol. The Morgan fingerprint density at radius 1 is 1.39 bits per heavy atom. The molecule has 0 atom stereocenters. The molecule has 0 bridgehead atoms. The molecule has 0 aliphatic heterocycles. The molecule has 0 heterocycles. The number of nitrogens with zero attached hydrogens (tertiary/aromatic N) is 1. The zero-order valence-electron chi connectivity index (χ0n) is 10.1. The smallest absolute Gasteiger partial charge is 0.323 e. The van der Waals surface area contributed by atoms with E-state index in [2.05, 4.69) is 0 Å². The Hall–Kier alpha value is -2.08. The minimum absolute atomic E-state index is 0.169. The van der Waals surface area contributed by atoms with Gasteiger partial charge in [0.1, 0.15) is 13.2 Å². The van der Waals surface area contributed by atoms with E-state index < -0.39 is 18.4 Å². The molecule has 3 N–H and O–H groups in total. The van der Waals surface area contributed by atoms with Crippen molar-refractivity contribution < 1.29 is 19.4 Å². The fourth-order valence-electron chi connectivity index (χ4n) is 1.44. The van der Waals surface area contributed by atoms with Gasteiger partial charge in [-0.3, -0.25) is 14.5 Å². The molecule has 1 aromatic rings. The predicted octanol–water partition coefficient (Wildman–Crippen LogP) is 0.723. The van der Waals surface area contributed by atoms with Crippen molar-refractivity contribution in [1.29, 1.82) is 0 Å². The number of amides is 1. The number of rotatable bonds is 6. The summed E-state index contributed by atoms with van der Waals surface area (Å²) in [5, 5.41) is 8.83. The van der Waals surface area contributed by atoms with Gasteiger partial charge in [-0.25, -0.2) is 0 Å². The maximum atomic E-state index is 11.9. The van der Waals surface area contributed by atoms with E-state index in [0.29, 0.717) is 18.0 Å². The van der Waals surface area contributed by atoms with Crippen LogP contribution in [-0.4, -0.2) is 36.7 Å². The van der Waals surface area contributed by atoms with E-state index >= 15 is 0 Å². The number of aliphatic carboxylic acids is 1. The van der Waals surface area contributed by atoms with Crippen LogP contribution in [0, 0.1) is 0 Å². The highest BCUT2D eigenvalue weighted by atomic mass is 16.5. The summed E-state index contributed by atoms with van der Waals surface area (Å²) >= 11 is 0. The Morgan fingerprint density at radius 3 is 2.61 bits per heavy atom. The largest absolute Gasteiger partial charge is 0.480 e. The van der Waals surface area contributed by atoms with Crippen LogP contribution in [0.5, 0.6) is 0 Å². The summed E-state index contributed by atoms with van der Waals surface area (Å²) in [6.45, 7) is 1.53. The van der Waals surface area contributed by atoms with Crippen LogP contribution in [0.2, 0.25) is 0 Å². The van der Waals surface area contributed by atoms with Gasteiger partial charge in [0.05, 0.1) is 11.4 Å². The summed E-state index contributed by atoms with van der Waals surface area (Å²) < 4.78 is 4.99. The van der Waals surface area contributed by atoms with Gasteiger partial charge in [0, 0.05) is 6.61 Å². The number of ether oxygens (including phenoxy) is 1. The van der Waals surface area contributed by atoms with E-state index in [1.54, 1.807) is 31.2 Å². The fraction of sp³-hybridized carbons (Fsp3) is 0.333. The first kappa shape index (κ1) is 14.0. The summed E-state index contributed by atoms with van der Waals surface area (Å²) in [5.74, 6) is -1.54. The van der Waals surface area contributed by atoms with Crippen molar-refractivity contribution in [3.63, 3.8) is 0 Å². The van der Waals surface area contributed by atoms with Crippen molar-refractivity contribution in [2.24, 2.45) is 0 Å². The molecule has 1 amide bonds. The fourth-order valence-corrected chi connectivity index (χ4v) is 1.44.